The largest absolute Gasteiger partial charge is 0.481 e. The molecule has 1 aliphatic heterocycles. The zero-order valence-electron chi connectivity index (χ0n) is 11.5. The molecule has 2 aromatic carbocycles. The van der Waals surface area contributed by atoms with Gasteiger partial charge in [-0.05, 0) is 36.6 Å². The molecule has 0 aliphatic carbocycles. The molecule has 0 aromatic heterocycles. The van der Waals surface area contributed by atoms with Crippen LogP contribution in [0.4, 0.5) is 11.4 Å². The number of carboxylic acid groups (broad SMARTS) is 1. The lowest BCUT2D eigenvalue weighted by Gasteiger charge is -2.23. The van der Waals surface area contributed by atoms with Crippen LogP contribution in [0.5, 0.6) is 0 Å². The first-order valence-corrected chi connectivity index (χ1v) is 6.82. The number of fused-ring (bicyclic) bond motifs is 1. The topological polar surface area (TPSA) is 40.5 Å². The Morgan fingerprint density at radius 2 is 2.00 bits per heavy atom. The zero-order chi connectivity index (χ0) is 14.1. The third-order valence-corrected chi connectivity index (χ3v) is 3.75. The molecule has 1 N–H and O–H groups in total. The molecule has 0 amide bonds. The van der Waals surface area contributed by atoms with Crippen molar-refractivity contribution >= 4 is 17.3 Å². The molecule has 0 fully saturated rings. The predicted molar refractivity (Wildman–Crippen MR) is 79.7 cm³/mol. The molecule has 0 saturated carbocycles. The van der Waals surface area contributed by atoms with Gasteiger partial charge in [-0.3, -0.25) is 4.79 Å². The number of benzene rings is 2. The summed E-state index contributed by atoms with van der Waals surface area (Å²) in [7, 11) is 0. The fourth-order valence-corrected chi connectivity index (χ4v) is 2.87. The number of aryl methyl sites for hydroxylation is 1. The maximum absolute atomic E-state index is 11.1. The van der Waals surface area contributed by atoms with Crippen LogP contribution < -0.4 is 4.90 Å². The van der Waals surface area contributed by atoms with Crippen molar-refractivity contribution in [1.82, 2.24) is 0 Å². The van der Waals surface area contributed by atoms with E-state index in [2.05, 4.69) is 23.1 Å². The van der Waals surface area contributed by atoms with E-state index in [0.717, 1.165) is 29.8 Å². The molecule has 3 rings (SSSR count). The van der Waals surface area contributed by atoms with Gasteiger partial charge in [0.05, 0.1) is 6.42 Å². The number of para-hydroxylation sites is 1. The Morgan fingerprint density at radius 1 is 1.20 bits per heavy atom. The van der Waals surface area contributed by atoms with Gasteiger partial charge >= 0.3 is 5.97 Å². The molecule has 0 atom stereocenters. The van der Waals surface area contributed by atoms with Crippen molar-refractivity contribution in [3.05, 3.63) is 59.2 Å². The Morgan fingerprint density at radius 3 is 2.80 bits per heavy atom. The number of anilines is 2. The molecular formula is C17H17NO2. The molecule has 1 heterocycles. The molecule has 3 heteroatoms. The monoisotopic (exact) mass is 267 g/mol. The second-order valence-corrected chi connectivity index (χ2v) is 5.23. The first-order chi connectivity index (χ1) is 9.65. The van der Waals surface area contributed by atoms with Crippen molar-refractivity contribution in [3.63, 3.8) is 0 Å². The summed E-state index contributed by atoms with van der Waals surface area (Å²) in [6, 6.07) is 14.4. The lowest BCUT2D eigenvalue weighted by atomic mass is 10.1. The summed E-state index contributed by atoms with van der Waals surface area (Å²) in [6.45, 7) is 2.90. The molecule has 20 heavy (non-hydrogen) atoms. The third-order valence-electron chi connectivity index (χ3n) is 3.75. The fourth-order valence-electron chi connectivity index (χ4n) is 2.87. The van der Waals surface area contributed by atoms with Crippen molar-refractivity contribution in [3.8, 4) is 0 Å². The van der Waals surface area contributed by atoms with Crippen molar-refractivity contribution in [2.45, 2.75) is 19.8 Å². The number of hydrogen-bond donors (Lipinski definition) is 1. The first kappa shape index (κ1) is 12.7. The minimum Gasteiger partial charge on any atom is -0.481 e. The van der Waals surface area contributed by atoms with Crippen LogP contribution in [0.2, 0.25) is 0 Å². The minimum atomic E-state index is -0.788. The van der Waals surface area contributed by atoms with Crippen LogP contribution in [0.25, 0.3) is 0 Å². The number of hydrogen-bond acceptors (Lipinski definition) is 2. The van der Waals surface area contributed by atoms with Gasteiger partial charge < -0.3 is 10.0 Å². The minimum absolute atomic E-state index is 0.0652. The predicted octanol–water partition coefficient (Wildman–Crippen LogP) is 3.32. The molecule has 0 bridgehead atoms. The summed E-state index contributed by atoms with van der Waals surface area (Å²) < 4.78 is 0. The van der Waals surface area contributed by atoms with Gasteiger partial charge in [0.1, 0.15) is 0 Å². The molecule has 0 saturated heterocycles. The molecule has 102 valence electrons. The van der Waals surface area contributed by atoms with E-state index in [1.54, 1.807) is 0 Å². The third kappa shape index (κ3) is 2.27. The lowest BCUT2D eigenvalue weighted by Crippen LogP contribution is -2.16. The van der Waals surface area contributed by atoms with E-state index < -0.39 is 5.97 Å². The van der Waals surface area contributed by atoms with Crippen molar-refractivity contribution in [1.29, 1.82) is 0 Å². The van der Waals surface area contributed by atoms with Crippen LogP contribution in [-0.2, 0) is 17.6 Å². The van der Waals surface area contributed by atoms with Crippen LogP contribution in [0.1, 0.15) is 16.7 Å². The second kappa shape index (κ2) is 5.00. The van der Waals surface area contributed by atoms with Crippen LogP contribution in [0.3, 0.4) is 0 Å². The van der Waals surface area contributed by atoms with Gasteiger partial charge in [0, 0.05) is 17.9 Å². The highest BCUT2D eigenvalue weighted by Crippen LogP contribution is 2.36. The van der Waals surface area contributed by atoms with Crippen molar-refractivity contribution < 1.29 is 9.90 Å². The normalized spacial score (nSPS) is 13.3. The van der Waals surface area contributed by atoms with Crippen molar-refractivity contribution in [2.24, 2.45) is 0 Å². The van der Waals surface area contributed by atoms with Crippen molar-refractivity contribution in [2.75, 3.05) is 11.4 Å². The van der Waals surface area contributed by atoms with Gasteiger partial charge in [-0.25, -0.2) is 0 Å². The number of aliphatic carboxylic acids is 1. The van der Waals surface area contributed by atoms with Crippen LogP contribution in [0, 0.1) is 6.92 Å². The number of carbonyl (C=O) groups is 1. The van der Waals surface area contributed by atoms with E-state index in [9.17, 15) is 4.79 Å². The van der Waals surface area contributed by atoms with E-state index in [4.69, 9.17) is 5.11 Å². The SMILES string of the molecule is Cc1ccc(N2CCc3ccccc32)c(CC(=O)O)c1. The van der Waals surface area contributed by atoms with Gasteiger partial charge in [0.15, 0.2) is 0 Å². The van der Waals surface area contributed by atoms with E-state index in [0.29, 0.717) is 0 Å². The Bertz CT molecular complexity index is 664. The summed E-state index contributed by atoms with van der Waals surface area (Å²) in [5.74, 6) is -0.788. The average Bonchev–Trinajstić information content (AvgIpc) is 2.82. The van der Waals surface area contributed by atoms with Crippen LogP contribution in [0.15, 0.2) is 42.5 Å². The summed E-state index contributed by atoms with van der Waals surface area (Å²) in [5.41, 5.74) is 5.52. The summed E-state index contributed by atoms with van der Waals surface area (Å²) >= 11 is 0. The lowest BCUT2D eigenvalue weighted by molar-refractivity contribution is -0.136. The van der Waals surface area contributed by atoms with E-state index >= 15 is 0 Å². The molecule has 1 aliphatic rings. The van der Waals surface area contributed by atoms with E-state index in [1.807, 2.05) is 31.2 Å². The van der Waals surface area contributed by atoms with E-state index in [1.165, 1.54) is 11.3 Å². The Kier molecular flexibility index (Phi) is 3.18. The van der Waals surface area contributed by atoms with Gasteiger partial charge in [-0.1, -0.05) is 35.9 Å². The molecule has 0 unspecified atom stereocenters. The summed E-state index contributed by atoms with van der Waals surface area (Å²) in [4.78, 5) is 13.3. The maximum atomic E-state index is 11.1. The van der Waals surface area contributed by atoms with E-state index in [-0.39, 0.29) is 6.42 Å². The molecule has 2 aromatic rings. The standard InChI is InChI=1S/C17H17NO2/c1-12-6-7-16(14(10-12)11-17(19)20)18-9-8-13-4-2-3-5-15(13)18/h2-7,10H,8-9,11H2,1H3,(H,19,20). The first-order valence-electron chi connectivity index (χ1n) is 6.82. The molecule has 0 radical (unpaired) electrons. The Hall–Kier alpha value is -2.29. The Labute approximate surface area is 118 Å². The maximum Gasteiger partial charge on any atom is 0.307 e. The van der Waals surface area contributed by atoms with Gasteiger partial charge in [-0.2, -0.15) is 0 Å². The number of nitrogens with zero attached hydrogens (tertiary/aromatic N) is 1. The number of rotatable bonds is 3. The zero-order valence-corrected chi connectivity index (χ0v) is 11.5. The molecular weight excluding hydrogens is 250 g/mol. The van der Waals surface area contributed by atoms with Gasteiger partial charge in [0.2, 0.25) is 0 Å². The van der Waals surface area contributed by atoms with Crippen LogP contribution in [-0.4, -0.2) is 17.6 Å². The van der Waals surface area contributed by atoms with Crippen LogP contribution >= 0.6 is 0 Å². The number of carboxylic acids is 1. The Balaban J connectivity index is 2.05. The highest BCUT2D eigenvalue weighted by Gasteiger charge is 2.22. The average molecular weight is 267 g/mol. The summed E-state index contributed by atoms with van der Waals surface area (Å²) in [5, 5.41) is 9.10. The van der Waals surface area contributed by atoms with Gasteiger partial charge in [-0.15, -0.1) is 0 Å². The quantitative estimate of drug-likeness (QED) is 0.927. The second-order valence-electron chi connectivity index (χ2n) is 5.23. The molecule has 0 spiro atoms. The smallest absolute Gasteiger partial charge is 0.307 e. The highest BCUT2D eigenvalue weighted by molar-refractivity contribution is 5.78. The van der Waals surface area contributed by atoms with Gasteiger partial charge in [0.25, 0.3) is 0 Å². The summed E-state index contributed by atoms with van der Waals surface area (Å²) in [6.07, 6.45) is 1.08. The fraction of sp³-hybridized carbons (Fsp3) is 0.235. The highest BCUT2D eigenvalue weighted by atomic mass is 16.4. The molecule has 3 nitrogen and oxygen atoms in total.